The van der Waals surface area contributed by atoms with Gasteiger partial charge in [0.05, 0.1) is 18.2 Å². The van der Waals surface area contributed by atoms with Crippen molar-refractivity contribution in [2.24, 2.45) is 0 Å². The minimum atomic E-state index is -5.05. The molecule has 0 unspecified atom stereocenters. The van der Waals surface area contributed by atoms with Crippen LogP contribution in [0.25, 0.3) is 0 Å². The van der Waals surface area contributed by atoms with Gasteiger partial charge in [-0.25, -0.2) is 0 Å². The molecule has 232 valence electrons. The number of rotatable bonds is 5. The lowest BCUT2D eigenvalue weighted by atomic mass is 9.83. The molecule has 13 heteroatoms. The van der Waals surface area contributed by atoms with Gasteiger partial charge >= 0.3 is 12.4 Å². The third kappa shape index (κ3) is 7.50. The van der Waals surface area contributed by atoms with Gasteiger partial charge in [-0.15, -0.1) is 12.4 Å². The largest absolute Gasteiger partial charge is 0.497 e. The average molecular weight is 622 g/mol. The van der Waals surface area contributed by atoms with Crippen LogP contribution in [0.1, 0.15) is 59.2 Å². The van der Waals surface area contributed by atoms with Gasteiger partial charge in [0.1, 0.15) is 5.75 Å². The minimum absolute atomic E-state index is 0. The molecule has 0 aliphatic carbocycles. The third-order valence-electron chi connectivity index (χ3n) is 8.23. The smallest absolute Gasteiger partial charge is 0.416 e. The zero-order chi connectivity index (χ0) is 30.1. The normalized spacial score (nSPS) is 20.5. The fourth-order valence-electron chi connectivity index (χ4n) is 5.92. The van der Waals surface area contributed by atoms with E-state index >= 15 is 0 Å². The van der Waals surface area contributed by atoms with E-state index in [1.54, 1.807) is 24.0 Å². The predicted octanol–water partition coefficient (Wildman–Crippen LogP) is 6.10. The molecule has 0 saturated carbocycles. The average Bonchev–Trinajstić information content (AvgIpc) is 2.95. The van der Waals surface area contributed by atoms with E-state index < -0.39 is 41.0 Å². The van der Waals surface area contributed by atoms with E-state index in [9.17, 15) is 35.9 Å². The highest BCUT2D eigenvalue weighted by Crippen LogP contribution is 2.38. The van der Waals surface area contributed by atoms with Crippen LogP contribution in [0.3, 0.4) is 0 Å². The van der Waals surface area contributed by atoms with E-state index in [2.05, 4.69) is 4.90 Å². The van der Waals surface area contributed by atoms with Crippen molar-refractivity contribution in [3.05, 3.63) is 64.7 Å². The number of piperidine rings is 2. The maximum absolute atomic E-state index is 13.5. The van der Waals surface area contributed by atoms with Crippen LogP contribution in [0.2, 0.25) is 0 Å². The predicted molar refractivity (Wildman–Crippen MR) is 147 cm³/mol. The summed E-state index contributed by atoms with van der Waals surface area (Å²) in [6, 6.07) is 8.00. The van der Waals surface area contributed by atoms with Crippen molar-refractivity contribution in [2.45, 2.75) is 56.5 Å². The first kappa shape index (κ1) is 33.5. The number of benzene rings is 2. The zero-order valence-corrected chi connectivity index (χ0v) is 24.3. The van der Waals surface area contributed by atoms with Crippen LogP contribution >= 0.6 is 12.4 Å². The van der Waals surface area contributed by atoms with E-state index in [1.807, 2.05) is 12.1 Å². The van der Waals surface area contributed by atoms with Crippen LogP contribution in [0.4, 0.5) is 26.3 Å². The number of halogens is 7. The first-order valence-electron chi connectivity index (χ1n) is 13.4. The van der Waals surface area contributed by atoms with Gasteiger partial charge < -0.3 is 14.5 Å². The summed E-state index contributed by atoms with van der Waals surface area (Å²) >= 11 is 0. The van der Waals surface area contributed by atoms with Gasteiger partial charge in [-0.1, -0.05) is 12.1 Å². The van der Waals surface area contributed by atoms with Crippen molar-refractivity contribution >= 4 is 24.2 Å². The Labute approximate surface area is 247 Å². The Morgan fingerprint density at radius 2 is 1.43 bits per heavy atom. The maximum Gasteiger partial charge on any atom is 0.416 e. The number of carbonyl (C=O) groups excluding carboxylic acids is 2. The summed E-state index contributed by atoms with van der Waals surface area (Å²) in [6.07, 6.45) is -8.05. The molecule has 2 atom stereocenters. The first-order valence-corrected chi connectivity index (χ1v) is 13.4. The summed E-state index contributed by atoms with van der Waals surface area (Å²) < 4.78 is 86.0. The number of hydrogen-bond donors (Lipinski definition) is 0. The molecule has 0 bridgehead atoms. The van der Waals surface area contributed by atoms with Gasteiger partial charge in [-0.2, -0.15) is 26.3 Å². The number of nitrogens with zero attached hydrogens (tertiary/aromatic N) is 3. The molecule has 2 fully saturated rings. The van der Waals surface area contributed by atoms with Gasteiger partial charge in [0.25, 0.3) is 5.91 Å². The van der Waals surface area contributed by atoms with E-state index in [0.717, 1.165) is 18.4 Å². The van der Waals surface area contributed by atoms with Gasteiger partial charge in [0.15, 0.2) is 0 Å². The maximum atomic E-state index is 13.5. The van der Waals surface area contributed by atoms with Crippen LogP contribution in [0.15, 0.2) is 42.5 Å². The topological polar surface area (TPSA) is 53.1 Å². The van der Waals surface area contributed by atoms with Gasteiger partial charge in [-0.3, -0.25) is 14.5 Å². The fraction of sp³-hybridized carbons (Fsp3) is 0.517. The summed E-state index contributed by atoms with van der Waals surface area (Å²) in [5.41, 5.74) is -2.84. The van der Waals surface area contributed by atoms with E-state index in [0.29, 0.717) is 50.5 Å². The fourth-order valence-corrected chi connectivity index (χ4v) is 5.92. The number of likely N-dealkylation sites (N-methyl/N-ethyl adjacent to an activating group) is 1. The van der Waals surface area contributed by atoms with E-state index in [4.69, 9.17) is 4.74 Å². The Morgan fingerprint density at radius 3 is 1.90 bits per heavy atom. The van der Waals surface area contributed by atoms with Crippen LogP contribution in [0.5, 0.6) is 5.75 Å². The molecule has 0 N–H and O–H groups in total. The van der Waals surface area contributed by atoms with E-state index in [-0.39, 0.29) is 36.3 Å². The highest BCUT2D eigenvalue weighted by Gasteiger charge is 2.41. The minimum Gasteiger partial charge on any atom is -0.497 e. The highest BCUT2D eigenvalue weighted by molar-refractivity contribution is 5.95. The zero-order valence-electron chi connectivity index (χ0n) is 23.5. The summed E-state index contributed by atoms with van der Waals surface area (Å²) in [4.78, 5) is 30.6. The van der Waals surface area contributed by atoms with Crippen molar-refractivity contribution in [2.75, 3.05) is 40.3 Å². The second kappa shape index (κ2) is 13.1. The van der Waals surface area contributed by atoms with Crippen molar-refractivity contribution in [3.63, 3.8) is 0 Å². The lowest BCUT2D eigenvalue weighted by Crippen LogP contribution is -2.55. The molecule has 2 aliphatic rings. The van der Waals surface area contributed by atoms with Gasteiger partial charge in [-0.05, 0) is 55.2 Å². The summed E-state index contributed by atoms with van der Waals surface area (Å²) in [6.45, 7) is 3.96. The molecule has 0 spiro atoms. The molecular weight excluding hydrogens is 588 g/mol. The number of methoxy groups -OCH3 is 1. The second-order valence-corrected chi connectivity index (χ2v) is 10.7. The monoisotopic (exact) mass is 621 g/mol. The Kier molecular flexibility index (Phi) is 10.5. The summed E-state index contributed by atoms with van der Waals surface area (Å²) in [5.74, 6) is -0.514. The summed E-state index contributed by atoms with van der Waals surface area (Å²) in [5, 5.41) is 0. The first-order chi connectivity index (χ1) is 19.2. The number of ether oxygens (including phenoxy) is 1. The molecule has 2 aromatic carbocycles. The molecule has 2 amide bonds. The third-order valence-corrected chi connectivity index (χ3v) is 8.23. The number of hydrogen-bond acceptors (Lipinski definition) is 4. The molecular formula is C29H34ClF6N3O3. The molecule has 0 radical (unpaired) electrons. The Hall–Kier alpha value is -2.99. The standard InChI is InChI=1S/C29H33F6N3O3.ClH/c1-18(39)37-11-8-23(9-12-37)38-13-10-26(25(17-38)19-4-6-24(41-3)7-5-19)36(2)27(40)20-14-21(28(30,31)32)16-22(15-20)29(33,34)35;/h4-7,14-16,23,25-26H,8-13,17H2,1-3H3;1H/t25-,26+;/m0./s1. The van der Waals surface area contributed by atoms with Gasteiger partial charge in [0.2, 0.25) is 5.91 Å². The van der Waals surface area contributed by atoms with Crippen LogP contribution in [-0.2, 0) is 17.1 Å². The van der Waals surface area contributed by atoms with Gasteiger partial charge in [0, 0.05) is 63.7 Å². The van der Waals surface area contributed by atoms with E-state index in [1.165, 1.54) is 19.1 Å². The molecule has 2 saturated heterocycles. The molecule has 6 nitrogen and oxygen atoms in total. The molecule has 42 heavy (non-hydrogen) atoms. The van der Waals surface area contributed by atoms with Crippen molar-refractivity contribution in [1.82, 2.24) is 14.7 Å². The Balaban J connectivity index is 0.00000484. The number of amides is 2. The highest BCUT2D eigenvalue weighted by atomic mass is 35.5. The quantitative estimate of drug-likeness (QED) is 0.379. The van der Waals surface area contributed by atoms with Crippen molar-refractivity contribution in [1.29, 1.82) is 0 Å². The number of alkyl halides is 6. The lowest BCUT2D eigenvalue weighted by Gasteiger charge is -2.47. The molecule has 2 aliphatic heterocycles. The number of likely N-dealkylation sites (tertiary alicyclic amines) is 2. The molecule has 2 aromatic rings. The lowest BCUT2D eigenvalue weighted by molar-refractivity contribution is -0.143. The van der Waals surface area contributed by atoms with Crippen molar-refractivity contribution in [3.8, 4) is 5.75 Å². The van der Waals surface area contributed by atoms with Crippen molar-refractivity contribution < 1.29 is 40.7 Å². The molecule has 0 aromatic heterocycles. The Morgan fingerprint density at radius 1 is 0.881 bits per heavy atom. The molecule has 2 heterocycles. The van der Waals surface area contributed by atoms with Crippen LogP contribution in [-0.4, -0.2) is 78.9 Å². The van der Waals surface area contributed by atoms with Crippen LogP contribution in [0, 0.1) is 0 Å². The summed E-state index contributed by atoms with van der Waals surface area (Å²) in [7, 11) is 2.96. The second-order valence-electron chi connectivity index (χ2n) is 10.7. The SMILES string of the molecule is COc1ccc([C@@H]2CN(C3CCN(C(C)=O)CC3)CC[C@H]2N(C)C(=O)c2cc(C(F)(F)F)cc(C(F)(F)F)c2)cc1.Cl. The van der Waals surface area contributed by atoms with Crippen LogP contribution < -0.4 is 4.74 Å². The Bertz CT molecular complexity index is 1210. The number of carbonyl (C=O) groups is 2. The molecule has 4 rings (SSSR count).